The number of ketones is 1. The van der Waals surface area contributed by atoms with Crippen LogP contribution in [0.5, 0.6) is 5.75 Å². The van der Waals surface area contributed by atoms with Crippen molar-refractivity contribution in [3.05, 3.63) is 94.3 Å². The van der Waals surface area contributed by atoms with Gasteiger partial charge in [-0.15, -0.1) is 0 Å². The molecular formula is C53H74Br4F3INO17P. The van der Waals surface area contributed by atoms with Gasteiger partial charge in [-0.05, 0) is 123 Å². The van der Waals surface area contributed by atoms with Crippen LogP contribution in [0.15, 0.2) is 74.1 Å². The third-order valence-electron chi connectivity index (χ3n) is 10.3. The summed E-state index contributed by atoms with van der Waals surface area (Å²) >= 11 is 15.1. The molecule has 0 radical (unpaired) electrons. The number of ether oxygens (including phenoxy) is 1. The van der Waals surface area contributed by atoms with Crippen LogP contribution in [0.2, 0.25) is 0 Å². The van der Waals surface area contributed by atoms with Crippen LogP contribution in [0, 0.1) is 3.57 Å². The maximum absolute atomic E-state index is 11.9. The maximum Gasteiger partial charge on any atom is 0.389 e. The van der Waals surface area contributed by atoms with E-state index >= 15 is 0 Å². The first kappa shape index (κ1) is 80.7. The Hall–Kier alpha value is -3.50. The molecule has 3 aromatic carbocycles. The van der Waals surface area contributed by atoms with E-state index in [9.17, 15) is 51.3 Å². The maximum atomic E-state index is 11.9. The number of carboxylic acid groups (broad SMARTS) is 6. The van der Waals surface area contributed by atoms with E-state index in [2.05, 4.69) is 86.3 Å². The molecule has 0 aliphatic rings. The highest BCUT2D eigenvalue weighted by Crippen LogP contribution is 2.35. The van der Waals surface area contributed by atoms with Crippen molar-refractivity contribution in [2.24, 2.45) is 5.73 Å². The highest BCUT2D eigenvalue weighted by Gasteiger charge is 2.26. The van der Waals surface area contributed by atoms with Crippen LogP contribution < -0.4 is 10.5 Å². The molecule has 0 amide bonds. The predicted octanol–water partition coefficient (Wildman–Crippen LogP) is 15.3. The minimum atomic E-state index is -4.28. The SMILES string of the molecule is CC(C)(Br)CCC(=O)O.COc1c(Br)cc(C(=O)O)cc1Br.NC(CP(=O)(O)O)C(=O)O.O=C(O)CCCC(=O)c1ccc(Br)cc1.O=C(O)CCCCCCCCCCCCCCCCC(F)(F)F.O=C(O)c1cccc(I)c1. The number of benzene rings is 3. The molecule has 10 N–H and O–H groups in total. The van der Waals surface area contributed by atoms with Crippen LogP contribution in [0.3, 0.4) is 0 Å². The largest absolute Gasteiger partial charge is 0.494 e. The topological polar surface area (TPSA) is 334 Å². The summed E-state index contributed by atoms with van der Waals surface area (Å²) in [6.07, 6.45) is 10.8. The lowest BCUT2D eigenvalue weighted by molar-refractivity contribution is -0.138. The van der Waals surface area contributed by atoms with Crippen molar-refractivity contribution in [1.29, 1.82) is 0 Å². The van der Waals surface area contributed by atoms with Gasteiger partial charge >= 0.3 is 49.6 Å². The van der Waals surface area contributed by atoms with Crippen LogP contribution in [-0.2, 0) is 23.7 Å². The van der Waals surface area contributed by atoms with Gasteiger partial charge in [0.2, 0.25) is 0 Å². The van der Waals surface area contributed by atoms with E-state index in [1.807, 2.05) is 19.9 Å². The van der Waals surface area contributed by atoms with Gasteiger partial charge in [-0.3, -0.25) is 28.5 Å². The molecule has 18 nitrogen and oxygen atoms in total. The zero-order chi connectivity index (χ0) is 62.1. The van der Waals surface area contributed by atoms with Crippen molar-refractivity contribution in [3.63, 3.8) is 0 Å². The molecule has 0 aliphatic carbocycles. The molecule has 3 aromatic rings. The smallest absolute Gasteiger partial charge is 0.389 e. The normalized spacial score (nSPS) is 11.1. The molecule has 0 spiro atoms. The van der Waals surface area contributed by atoms with Gasteiger partial charge in [-0.1, -0.05) is 141 Å². The summed E-state index contributed by atoms with van der Waals surface area (Å²) in [6.45, 7) is 3.91. The van der Waals surface area contributed by atoms with Gasteiger partial charge in [-0.2, -0.15) is 13.2 Å². The molecule has 80 heavy (non-hydrogen) atoms. The van der Waals surface area contributed by atoms with Crippen molar-refractivity contribution in [3.8, 4) is 5.75 Å². The van der Waals surface area contributed by atoms with Crippen LogP contribution >= 0.6 is 93.9 Å². The van der Waals surface area contributed by atoms with Crippen molar-refractivity contribution < 1.29 is 96.5 Å². The van der Waals surface area contributed by atoms with Crippen molar-refractivity contribution in [1.82, 2.24) is 0 Å². The van der Waals surface area contributed by atoms with Gasteiger partial charge in [0, 0.05) is 50.0 Å². The number of carboxylic acids is 6. The van der Waals surface area contributed by atoms with Gasteiger partial charge < -0.3 is 50.9 Å². The Labute approximate surface area is 512 Å². The second kappa shape index (κ2) is 45.9. The quantitative estimate of drug-likeness (QED) is 0.00984. The van der Waals surface area contributed by atoms with Gasteiger partial charge in [0.1, 0.15) is 11.8 Å². The van der Waals surface area contributed by atoms with Crippen molar-refractivity contribution in [2.75, 3.05) is 13.3 Å². The fraction of sp³-hybridized carbons (Fsp3) is 0.528. The summed E-state index contributed by atoms with van der Waals surface area (Å²) in [6, 6.07) is 15.3. The van der Waals surface area contributed by atoms with Gasteiger partial charge in [0.25, 0.3) is 0 Å². The van der Waals surface area contributed by atoms with Gasteiger partial charge in [-0.25, -0.2) is 9.59 Å². The van der Waals surface area contributed by atoms with Crippen LogP contribution in [0.25, 0.3) is 0 Å². The lowest BCUT2D eigenvalue weighted by Crippen LogP contribution is -2.33. The lowest BCUT2D eigenvalue weighted by atomic mass is 10.0. The summed E-state index contributed by atoms with van der Waals surface area (Å²) in [5, 5.41) is 50.5. The third-order valence-corrected chi connectivity index (χ3v) is 13.9. The summed E-state index contributed by atoms with van der Waals surface area (Å²) in [7, 11) is -2.76. The number of carbonyl (C=O) groups excluding carboxylic acids is 1. The van der Waals surface area contributed by atoms with E-state index in [4.69, 9.17) is 50.9 Å². The number of nitrogens with two attached hydrogens (primary N) is 1. The summed E-state index contributed by atoms with van der Waals surface area (Å²) in [4.78, 5) is 89.4. The standard InChI is InChI=1S/C18H33F3O2.C11H11BrO3.C8H6Br2O3.C7H5IO2.C6H11BrO2.C3H8NO5P/c19-18(20,21)16-14-12-10-8-6-4-2-1-3-5-7-9-11-13-15-17(22)23;12-9-6-4-8(5-7-9)10(13)2-1-3-11(14)15;1-13-7-5(9)2-4(8(11)12)3-6(7)10;8-6-3-1-2-5(4-6)7(9)10;1-6(2,7)4-3-5(8)9;4-2(3(5)6)1-10(7,8)9/h1-16H2,(H,22,23);4-7H,1-3H2,(H,14,15);2-3H,1H3,(H,11,12);1-4H,(H,9,10);3-4H2,1-2H3,(H,8,9);2H,1,4H2,(H,5,6)(H2,7,8,9). The van der Waals surface area contributed by atoms with E-state index in [1.54, 1.807) is 42.5 Å². The third kappa shape index (κ3) is 52.6. The fourth-order valence-electron chi connectivity index (χ4n) is 6.14. The van der Waals surface area contributed by atoms with Crippen LogP contribution in [0.4, 0.5) is 13.2 Å². The molecule has 454 valence electrons. The van der Waals surface area contributed by atoms with E-state index in [1.165, 1.54) is 57.8 Å². The number of halogens is 8. The summed E-state index contributed by atoms with van der Waals surface area (Å²) in [5.41, 5.74) is 5.99. The molecule has 0 bridgehead atoms. The zero-order valence-corrected chi connectivity index (χ0v) is 54.1. The second-order valence-corrected chi connectivity index (χ2v) is 25.8. The molecule has 1 unspecified atom stereocenters. The van der Waals surface area contributed by atoms with E-state index in [-0.39, 0.29) is 47.8 Å². The zero-order valence-electron chi connectivity index (χ0n) is 44.7. The number of hydrogen-bond acceptors (Lipinski definition) is 10. The average Bonchev–Trinajstić information content (AvgIpc) is 3.33. The fourth-order valence-corrected chi connectivity index (χ4v) is 9.33. The Morgan fingerprint density at radius 3 is 1.31 bits per heavy atom. The molecule has 0 heterocycles. The van der Waals surface area contributed by atoms with Gasteiger partial charge in [0.15, 0.2) is 5.78 Å². The highest BCUT2D eigenvalue weighted by molar-refractivity contribution is 14.1. The number of rotatable bonds is 30. The van der Waals surface area contributed by atoms with Crippen LogP contribution in [-0.4, -0.2) is 112 Å². The van der Waals surface area contributed by atoms with Crippen molar-refractivity contribution in [2.45, 2.75) is 165 Å². The minimum Gasteiger partial charge on any atom is -0.494 e. The summed E-state index contributed by atoms with van der Waals surface area (Å²) in [5.74, 6) is -4.98. The molecule has 0 saturated carbocycles. The van der Waals surface area contributed by atoms with Gasteiger partial charge in [0.05, 0.1) is 33.3 Å². The van der Waals surface area contributed by atoms with E-state index in [0.717, 1.165) is 46.6 Å². The number of hydrogen-bond donors (Lipinski definition) is 9. The first-order valence-electron chi connectivity index (χ1n) is 25.0. The Morgan fingerprint density at radius 1 is 0.588 bits per heavy atom. The monoisotopic (exact) mass is 1530 g/mol. The van der Waals surface area contributed by atoms with Crippen LogP contribution in [0.1, 0.15) is 180 Å². The number of aliphatic carboxylic acids is 4. The molecular weight excluding hydrogens is 1460 g/mol. The van der Waals surface area contributed by atoms with Crippen molar-refractivity contribution >= 4 is 136 Å². The Balaban J connectivity index is -0.000000920. The summed E-state index contributed by atoms with van der Waals surface area (Å²) < 4.78 is 54.0. The Bertz CT molecular complexity index is 2330. The number of unbranched alkanes of at least 4 members (excludes halogenated alkanes) is 13. The second-order valence-electron chi connectivity index (χ2n) is 18.1. The Kier molecular flexibility index (Phi) is 46.4. The first-order chi connectivity index (χ1) is 37.0. The lowest BCUT2D eigenvalue weighted by Gasteiger charge is -2.12. The number of aromatic carboxylic acids is 2. The minimum absolute atomic E-state index is 0.0104. The molecule has 0 saturated heterocycles. The first-order valence-corrected chi connectivity index (χ1v) is 31.0. The molecule has 0 aliphatic heterocycles. The van der Waals surface area contributed by atoms with E-state index in [0.29, 0.717) is 45.1 Å². The number of carbonyl (C=O) groups is 7. The molecule has 1 atom stereocenters. The Morgan fingerprint density at radius 2 is 1.00 bits per heavy atom. The molecule has 0 aromatic heterocycles. The number of methoxy groups -OCH3 is 1. The highest BCUT2D eigenvalue weighted by atomic mass is 127. The average molecular weight is 1530 g/mol. The molecule has 27 heteroatoms. The predicted molar refractivity (Wildman–Crippen MR) is 321 cm³/mol. The molecule has 0 fully saturated rings. The van der Waals surface area contributed by atoms with E-state index < -0.39 is 68.2 Å². The number of alkyl halides is 4. The number of Topliss-reactive ketones (excluding diaryl/α,β-unsaturated/α-hetero) is 1. The molecule has 3 rings (SSSR count).